The lowest BCUT2D eigenvalue weighted by Crippen LogP contribution is -2.33. The summed E-state index contributed by atoms with van der Waals surface area (Å²) in [6, 6.07) is 8.98. The Balaban J connectivity index is 2.19. The largest absolute Gasteiger partial charge is 0.255 e. The van der Waals surface area contributed by atoms with Gasteiger partial charge in [-0.15, -0.1) is 11.8 Å². The van der Waals surface area contributed by atoms with Gasteiger partial charge in [0.2, 0.25) is 10.0 Å². The maximum absolute atomic E-state index is 12.7. The summed E-state index contributed by atoms with van der Waals surface area (Å²) in [5, 5.41) is 0.840. The van der Waals surface area contributed by atoms with E-state index in [-0.39, 0.29) is 5.37 Å². The standard InChI is InChI=1S/C13H14N2O2S2/c1-10-15(8-9-18-10)19(16,17)12-6-2-4-11-5-3-7-14-13(11)12/h2-7,10H,8-9H2,1H3. The van der Waals surface area contributed by atoms with Gasteiger partial charge in [-0.1, -0.05) is 18.2 Å². The SMILES string of the molecule is CC1SCCN1S(=O)(=O)c1cccc2cccnc12. The highest BCUT2D eigenvalue weighted by atomic mass is 32.2. The second-order valence-electron chi connectivity index (χ2n) is 4.42. The quantitative estimate of drug-likeness (QED) is 0.853. The molecule has 100 valence electrons. The van der Waals surface area contributed by atoms with E-state index >= 15 is 0 Å². The minimum Gasteiger partial charge on any atom is -0.255 e. The van der Waals surface area contributed by atoms with Crippen LogP contribution in [0.25, 0.3) is 10.9 Å². The summed E-state index contributed by atoms with van der Waals surface area (Å²) in [5.41, 5.74) is 0.550. The summed E-state index contributed by atoms with van der Waals surface area (Å²) in [6.45, 7) is 2.49. The molecule has 1 aromatic heterocycles. The van der Waals surface area contributed by atoms with E-state index in [1.807, 2.05) is 25.1 Å². The van der Waals surface area contributed by atoms with Gasteiger partial charge in [0.1, 0.15) is 4.90 Å². The van der Waals surface area contributed by atoms with Gasteiger partial charge in [0.25, 0.3) is 0 Å². The normalized spacial score (nSPS) is 21.0. The fourth-order valence-electron chi connectivity index (χ4n) is 2.30. The first-order chi connectivity index (χ1) is 9.10. The molecule has 1 aromatic carbocycles. The number of fused-ring (bicyclic) bond motifs is 1. The number of hydrogen-bond acceptors (Lipinski definition) is 4. The van der Waals surface area contributed by atoms with Crippen LogP contribution < -0.4 is 0 Å². The number of rotatable bonds is 2. The topological polar surface area (TPSA) is 50.3 Å². The minimum absolute atomic E-state index is 0.0102. The van der Waals surface area contributed by atoms with Crippen molar-refractivity contribution in [3.05, 3.63) is 36.5 Å². The Morgan fingerprint density at radius 2 is 2.11 bits per heavy atom. The first-order valence-corrected chi connectivity index (χ1v) is 8.57. The van der Waals surface area contributed by atoms with Gasteiger partial charge in [0, 0.05) is 23.9 Å². The van der Waals surface area contributed by atoms with Crippen LogP contribution in [-0.2, 0) is 10.0 Å². The third-order valence-electron chi connectivity index (χ3n) is 3.26. The van der Waals surface area contributed by atoms with Gasteiger partial charge in [-0.05, 0) is 19.1 Å². The Morgan fingerprint density at radius 1 is 1.32 bits per heavy atom. The summed E-state index contributed by atoms with van der Waals surface area (Å²) < 4.78 is 27.0. The molecule has 0 radical (unpaired) electrons. The molecule has 0 aliphatic carbocycles. The van der Waals surface area contributed by atoms with E-state index < -0.39 is 10.0 Å². The fourth-order valence-corrected chi connectivity index (χ4v) is 5.50. The van der Waals surface area contributed by atoms with Crippen LogP contribution in [0.2, 0.25) is 0 Å². The Bertz CT molecular complexity index is 710. The van der Waals surface area contributed by atoms with Gasteiger partial charge >= 0.3 is 0 Å². The summed E-state index contributed by atoms with van der Waals surface area (Å²) in [4.78, 5) is 4.54. The van der Waals surface area contributed by atoms with E-state index in [4.69, 9.17) is 0 Å². The van der Waals surface area contributed by atoms with Crippen LogP contribution >= 0.6 is 11.8 Å². The van der Waals surface area contributed by atoms with E-state index in [1.165, 1.54) is 0 Å². The smallest absolute Gasteiger partial charge is 0.246 e. The maximum Gasteiger partial charge on any atom is 0.246 e. The molecule has 1 saturated heterocycles. The molecule has 0 N–H and O–H groups in total. The average Bonchev–Trinajstić information content (AvgIpc) is 2.85. The number of pyridine rings is 1. The van der Waals surface area contributed by atoms with Gasteiger partial charge in [0.05, 0.1) is 10.9 Å². The highest BCUT2D eigenvalue weighted by Gasteiger charge is 2.34. The second-order valence-corrected chi connectivity index (χ2v) is 7.70. The van der Waals surface area contributed by atoms with Crippen LogP contribution in [-0.4, -0.2) is 35.4 Å². The van der Waals surface area contributed by atoms with Gasteiger partial charge < -0.3 is 0 Å². The molecule has 4 nitrogen and oxygen atoms in total. The van der Waals surface area contributed by atoms with Crippen LogP contribution in [0.4, 0.5) is 0 Å². The molecule has 0 bridgehead atoms. The third-order valence-corrected chi connectivity index (χ3v) is 6.55. The van der Waals surface area contributed by atoms with Gasteiger partial charge in [-0.25, -0.2) is 8.42 Å². The Labute approximate surface area is 116 Å². The van der Waals surface area contributed by atoms with E-state index in [2.05, 4.69) is 4.98 Å². The summed E-state index contributed by atoms with van der Waals surface area (Å²) in [5.74, 6) is 0.846. The molecule has 1 atom stereocenters. The molecule has 2 aromatic rings. The van der Waals surface area contributed by atoms with Crippen LogP contribution in [0.5, 0.6) is 0 Å². The average molecular weight is 294 g/mol. The van der Waals surface area contributed by atoms with Crippen molar-refractivity contribution in [3.63, 3.8) is 0 Å². The molecule has 6 heteroatoms. The molecule has 1 unspecified atom stereocenters. The molecule has 1 aliphatic rings. The number of sulfonamides is 1. The summed E-state index contributed by atoms with van der Waals surface area (Å²) in [6.07, 6.45) is 1.63. The highest BCUT2D eigenvalue weighted by Crippen LogP contribution is 2.31. The number of para-hydroxylation sites is 1. The minimum atomic E-state index is -3.46. The second kappa shape index (κ2) is 4.77. The first kappa shape index (κ1) is 12.9. The van der Waals surface area contributed by atoms with Crippen LogP contribution in [0.15, 0.2) is 41.4 Å². The maximum atomic E-state index is 12.7. The van der Waals surface area contributed by atoms with E-state index in [9.17, 15) is 8.42 Å². The van der Waals surface area contributed by atoms with Gasteiger partial charge in [-0.3, -0.25) is 4.98 Å². The van der Waals surface area contributed by atoms with Crippen molar-refractivity contribution in [3.8, 4) is 0 Å². The number of nitrogens with zero attached hydrogens (tertiary/aromatic N) is 2. The molecule has 3 rings (SSSR count). The Hall–Kier alpha value is -1.11. The number of benzene rings is 1. The number of thioether (sulfide) groups is 1. The molecule has 1 aliphatic heterocycles. The zero-order chi connectivity index (χ0) is 13.5. The van der Waals surface area contributed by atoms with Crippen molar-refractivity contribution >= 4 is 32.7 Å². The Morgan fingerprint density at radius 3 is 2.84 bits per heavy atom. The molecule has 1 fully saturated rings. The van der Waals surface area contributed by atoms with Crippen LogP contribution in [0.3, 0.4) is 0 Å². The van der Waals surface area contributed by atoms with Crippen molar-refractivity contribution in [2.45, 2.75) is 17.2 Å². The van der Waals surface area contributed by atoms with E-state index in [0.717, 1.165) is 11.1 Å². The van der Waals surface area contributed by atoms with Crippen LogP contribution in [0.1, 0.15) is 6.92 Å². The predicted octanol–water partition coefficient (Wildman–Crippen LogP) is 2.32. The van der Waals surface area contributed by atoms with Gasteiger partial charge in [0.15, 0.2) is 0 Å². The van der Waals surface area contributed by atoms with Crippen molar-refractivity contribution < 1.29 is 8.42 Å². The lowest BCUT2D eigenvalue weighted by Gasteiger charge is -2.20. The fraction of sp³-hybridized carbons (Fsp3) is 0.308. The predicted molar refractivity (Wildman–Crippen MR) is 77.6 cm³/mol. The van der Waals surface area contributed by atoms with Crippen LogP contribution in [0, 0.1) is 0 Å². The van der Waals surface area contributed by atoms with Gasteiger partial charge in [-0.2, -0.15) is 4.31 Å². The third kappa shape index (κ3) is 2.13. The molecular formula is C13H14N2O2S2. The van der Waals surface area contributed by atoms with Crippen molar-refractivity contribution in [1.29, 1.82) is 0 Å². The zero-order valence-corrected chi connectivity index (χ0v) is 12.1. The van der Waals surface area contributed by atoms with Crippen molar-refractivity contribution in [2.24, 2.45) is 0 Å². The van der Waals surface area contributed by atoms with Crippen molar-refractivity contribution in [1.82, 2.24) is 9.29 Å². The summed E-state index contributed by atoms with van der Waals surface area (Å²) >= 11 is 1.66. The van der Waals surface area contributed by atoms with E-state index in [1.54, 1.807) is 34.4 Å². The molecule has 0 spiro atoms. The number of hydrogen-bond donors (Lipinski definition) is 0. The molecular weight excluding hydrogens is 280 g/mol. The van der Waals surface area contributed by atoms with Crippen molar-refractivity contribution in [2.75, 3.05) is 12.3 Å². The Kier molecular flexibility index (Phi) is 3.24. The lowest BCUT2D eigenvalue weighted by molar-refractivity contribution is 0.442. The first-order valence-electron chi connectivity index (χ1n) is 6.08. The van der Waals surface area contributed by atoms with E-state index in [0.29, 0.717) is 17.0 Å². The monoisotopic (exact) mass is 294 g/mol. The highest BCUT2D eigenvalue weighted by molar-refractivity contribution is 8.01. The lowest BCUT2D eigenvalue weighted by atomic mass is 10.2. The molecule has 0 saturated carbocycles. The molecule has 2 heterocycles. The molecule has 0 amide bonds. The molecule has 19 heavy (non-hydrogen) atoms. The summed E-state index contributed by atoms with van der Waals surface area (Å²) in [7, 11) is -3.46. The zero-order valence-electron chi connectivity index (χ0n) is 10.5. The number of aromatic nitrogens is 1.